The van der Waals surface area contributed by atoms with E-state index in [-0.39, 0.29) is 0 Å². The van der Waals surface area contributed by atoms with Gasteiger partial charge in [0, 0.05) is 27.8 Å². The van der Waals surface area contributed by atoms with Gasteiger partial charge in [0.15, 0.2) is 0 Å². The first-order valence-electron chi connectivity index (χ1n) is 8.42. The number of amides is 1. The fraction of sp³-hybridized carbons (Fsp3) is 0.421. The quantitative estimate of drug-likeness (QED) is 0.770. The molecule has 1 fully saturated rings. The molecule has 3 rings (SSSR count). The molecule has 1 aliphatic rings. The van der Waals surface area contributed by atoms with E-state index in [1.165, 1.54) is 32.1 Å². The van der Waals surface area contributed by atoms with Crippen LogP contribution in [0.4, 0.5) is 0 Å². The van der Waals surface area contributed by atoms with Crippen molar-refractivity contribution in [2.75, 3.05) is 0 Å². The largest absolute Gasteiger partial charge is 0.366 e. The van der Waals surface area contributed by atoms with Crippen molar-refractivity contribution in [3.63, 3.8) is 0 Å². The van der Waals surface area contributed by atoms with Gasteiger partial charge in [-0.15, -0.1) is 0 Å². The van der Waals surface area contributed by atoms with Crippen LogP contribution >= 0.6 is 23.2 Å². The second-order valence-corrected chi connectivity index (χ2v) is 7.48. The lowest BCUT2D eigenvalue weighted by atomic mass is 9.89. The minimum absolute atomic E-state index is 0.408. The van der Waals surface area contributed by atoms with Crippen molar-refractivity contribution in [3.8, 4) is 11.3 Å². The van der Waals surface area contributed by atoms with Gasteiger partial charge in [-0.25, -0.2) is 0 Å². The number of carbonyl (C=O) groups is 1. The number of nitrogens with zero attached hydrogens (tertiary/aromatic N) is 1. The predicted octanol–water partition coefficient (Wildman–Crippen LogP) is 5.45. The number of benzene rings is 1. The molecule has 1 amide bonds. The van der Waals surface area contributed by atoms with Crippen molar-refractivity contribution in [1.29, 1.82) is 0 Å². The Balaban J connectivity index is 2.08. The van der Waals surface area contributed by atoms with Crippen LogP contribution in [0.5, 0.6) is 0 Å². The maximum absolute atomic E-state index is 11.8. The van der Waals surface area contributed by atoms with Crippen molar-refractivity contribution < 1.29 is 4.79 Å². The monoisotopic (exact) mass is 364 g/mol. The highest BCUT2D eigenvalue weighted by atomic mass is 35.5. The summed E-state index contributed by atoms with van der Waals surface area (Å²) >= 11 is 12.6. The molecule has 0 aliphatic heterocycles. The Kier molecular flexibility index (Phi) is 5.21. The average Bonchev–Trinajstić information content (AvgIpc) is 2.88. The number of hydrogen-bond donors (Lipinski definition) is 1. The summed E-state index contributed by atoms with van der Waals surface area (Å²) in [5.74, 6) is 0.219. The van der Waals surface area contributed by atoms with Crippen molar-refractivity contribution in [3.05, 3.63) is 45.6 Å². The van der Waals surface area contributed by atoms with Crippen LogP contribution in [0.2, 0.25) is 10.0 Å². The summed E-state index contributed by atoms with van der Waals surface area (Å²) in [5, 5.41) is 1.25. The smallest absolute Gasteiger partial charge is 0.250 e. The molecule has 3 nitrogen and oxygen atoms in total. The van der Waals surface area contributed by atoms with E-state index >= 15 is 0 Å². The van der Waals surface area contributed by atoms with Crippen LogP contribution in [0, 0.1) is 12.8 Å². The molecule has 128 valence electrons. The van der Waals surface area contributed by atoms with Gasteiger partial charge in [-0.05, 0) is 49.9 Å². The van der Waals surface area contributed by atoms with E-state index in [9.17, 15) is 4.79 Å². The lowest BCUT2D eigenvalue weighted by Gasteiger charge is -2.24. The van der Waals surface area contributed by atoms with Gasteiger partial charge >= 0.3 is 0 Å². The summed E-state index contributed by atoms with van der Waals surface area (Å²) in [5.41, 5.74) is 8.78. The van der Waals surface area contributed by atoms with Crippen LogP contribution < -0.4 is 5.73 Å². The maximum Gasteiger partial charge on any atom is 0.250 e. The van der Waals surface area contributed by atoms with E-state index < -0.39 is 5.91 Å². The Morgan fingerprint density at radius 2 is 1.92 bits per heavy atom. The molecule has 0 bridgehead atoms. The van der Waals surface area contributed by atoms with Crippen molar-refractivity contribution in [2.45, 2.75) is 45.6 Å². The molecule has 1 heterocycles. The molecule has 0 spiro atoms. The summed E-state index contributed by atoms with van der Waals surface area (Å²) in [6.07, 6.45) is 6.33. The molecule has 2 aromatic rings. The maximum atomic E-state index is 11.8. The fourth-order valence-electron chi connectivity index (χ4n) is 3.67. The lowest BCUT2D eigenvalue weighted by molar-refractivity contribution is 0.0999. The minimum Gasteiger partial charge on any atom is -0.366 e. The number of primary amides is 1. The van der Waals surface area contributed by atoms with Gasteiger partial charge in [-0.3, -0.25) is 4.79 Å². The highest BCUT2D eigenvalue weighted by molar-refractivity contribution is 6.35. The second-order valence-electron chi connectivity index (χ2n) is 6.63. The van der Waals surface area contributed by atoms with Crippen LogP contribution in [-0.4, -0.2) is 10.5 Å². The van der Waals surface area contributed by atoms with E-state index in [1.54, 1.807) is 12.1 Å². The number of rotatable bonds is 4. The first-order chi connectivity index (χ1) is 11.5. The van der Waals surface area contributed by atoms with Gasteiger partial charge in [-0.2, -0.15) is 0 Å². The molecular weight excluding hydrogens is 343 g/mol. The molecule has 0 unspecified atom stereocenters. The van der Waals surface area contributed by atoms with Crippen molar-refractivity contribution in [1.82, 2.24) is 4.57 Å². The van der Waals surface area contributed by atoms with Crippen LogP contribution in [0.15, 0.2) is 24.3 Å². The zero-order chi connectivity index (χ0) is 17.3. The van der Waals surface area contributed by atoms with Crippen molar-refractivity contribution in [2.24, 2.45) is 11.7 Å². The van der Waals surface area contributed by atoms with Gasteiger partial charge in [0.2, 0.25) is 0 Å². The highest BCUT2D eigenvalue weighted by Gasteiger charge is 2.22. The molecule has 5 heteroatoms. The number of carbonyl (C=O) groups excluding carboxylic acids is 1. The topological polar surface area (TPSA) is 48.0 Å². The molecule has 0 atom stereocenters. The normalized spacial score (nSPS) is 15.6. The van der Waals surface area contributed by atoms with Gasteiger partial charge in [0.05, 0.1) is 11.3 Å². The Morgan fingerprint density at radius 1 is 1.21 bits per heavy atom. The lowest BCUT2D eigenvalue weighted by Crippen LogP contribution is -2.17. The van der Waals surface area contributed by atoms with Crippen LogP contribution in [0.3, 0.4) is 0 Å². The van der Waals surface area contributed by atoms with Gasteiger partial charge in [0.1, 0.15) is 0 Å². The summed E-state index contributed by atoms with van der Waals surface area (Å²) in [6.45, 7) is 2.84. The number of nitrogens with two attached hydrogens (primary N) is 1. The minimum atomic E-state index is -0.408. The van der Waals surface area contributed by atoms with E-state index in [4.69, 9.17) is 28.9 Å². The first-order valence-corrected chi connectivity index (χ1v) is 9.18. The van der Waals surface area contributed by atoms with E-state index in [1.807, 2.05) is 19.1 Å². The molecule has 1 aromatic carbocycles. The standard InChI is InChI=1S/C19H22Cl2N2O/c1-12-15(19(22)24)10-18(16-9-14(20)7-8-17(16)21)23(12)11-13-5-3-2-4-6-13/h7-10,13H,2-6,11H2,1H3,(H2,22,24). The first kappa shape index (κ1) is 17.4. The molecular formula is C19H22Cl2N2O. The molecule has 0 radical (unpaired) electrons. The summed E-state index contributed by atoms with van der Waals surface area (Å²) in [6, 6.07) is 7.25. The predicted molar refractivity (Wildman–Crippen MR) is 99.7 cm³/mol. The molecule has 0 saturated heterocycles. The molecule has 1 aliphatic carbocycles. The SMILES string of the molecule is Cc1c(C(N)=O)cc(-c2cc(Cl)ccc2Cl)n1CC1CCCCC1. The third-order valence-corrected chi connectivity index (χ3v) is 5.57. The van der Waals surface area contributed by atoms with Gasteiger partial charge < -0.3 is 10.3 Å². The summed E-state index contributed by atoms with van der Waals surface area (Å²) in [4.78, 5) is 11.8. The Bertz CT molecular complexity index is 761. The zero-order valence-electron chi connectivity index (χ0n) is 13.8. The highest BCUT2D eigenvalue weighted by Crippen LogP contribution is 2.35. The van der Waals surface area contributed by atoms with Gasteiger partial charge in [0.25, 0.3) is 5.91 Å². The Labute approximate surface area is 152 Å². The fourth-order valence-corrected chi connectivity index (χ4v) is 4.06. The molecule has 1 aromatic heterocycles. The van der Waals surface area contributed by atoms with Crippen LogP contribution in [0.25, 0.3) is 11.3 Å². The Morgan fingerprint density at radius 3 is 2.58 bits per heavy atom. The molecule has 2 N–H and O–H groups in total. The third kappa shape index (κ3) is 3.47. The molecule has 24 heavy (non-hydrogen) atoms. The van der Waals surface area contributed by atoms with E-state index in [0.717, 1.165) is 23.5 Å². The van der Waals surface area contributed by atoms with Gasteiger partial charge in [-0.1, -0.05) is 42.5 Å². The number of aromatic nitrogens is 1. The molecule has 1 saturated carbocycles. The van der Waals surface area contributed by atoms with Crippen LogP contribution in [-0.2, 0) is 6.54 Å². The average molecular weight is 365 g/mol. The number of hydrogen-bond acceptors (Lipinski definition) is 1. The van der Waals surface area contributed by atoms with Crippen molar-refractivity contribution >= 4 is 29.1 Å². The third-order valence-electron chi connectivity index (χ3n) is 5.00. The number of halogens is 2. The van der Waals surface area contributed by atoms with Crippen LogP contribution in [0.1, 0.15) is 48.2 Å². The summed E-state index contributed by atoms with van der Waals surface area (Å²) in [7, 11) is 0. The van der Waals surface area contributed by atoms with E-state index in [2.05, 4.69) is 4.57 Å². The zero-order valence-corrected chi connectivity index (χ0v) is 15.3. The Hall–Kier alpha value is -1.45. The van der Waals surface area contributed by atoms with E-state index in [0.29, 0.717) is 21.5 Å². The summed E-state index contributed by atoms with van der Waals surface area (Å²) < 4.78 is 2.19. The second kappa shape index (κ2) is 7.20.